The SMILES string of the molecule is CC1(C)Cc2ccccc2C1NCC(O)c1ccccc1. The molecule has 0 amide bonds. The molecule has 0 bridgehead atoms. The van der Waals surface area contributed by atoms with Gasteiger partial charge in [-0.25, -0.2) is 0 Å². The van der Waals surface area contributed by atoms with Crippen molar-refractivity contribution in [2.45, 2.75) is 32.4 Å². The number of hydrogen-bond donors (Lipinski definition) is 2. The van der Waals surface area contributed by atoms with Gasteiger partial charge in [0.1, 0.15) is 0 Å². The smallest absolute Gasteiger partial charge is 0.0914 e. The summed E-state index contributed by atoms with van der Waals surface area (Å²) < 4.78 is 0. The van der Waals surface area contributed by atoms with E-state index in [1.54, 1.807) is 0 Å². The van der Waals surface area contributed by atoms with Crippen molar-refractivity contribution in [1.82, 2.24) is 5.32 Å². The first-order valence-corrected chi connectivity index (χ1v) is 7.62. The summed E-state index contributed by atoms with van der Waals surface area (Å²) in [5.41, 5.74) is 3.95. The maximum atomic E-state index is 10.3. The Hall–Kier alpha value is -1.64. The van der Waals surface area contributed by atoms with Crippen LogP contribution in [0.3, 0.4) is 0 Å². The predicted octanol–water partition coefficient (Wildman–Crippen LogP) is 3.63. The van der Waals surface area contributed by atoms with Gasteiger partial charge in [-0.05, 0) is 28.5 Å². The molecular formula is C19H23NO. The normalized spacial score (nSPS) is 21.0. The molecule has 0 aliphatic heterocycles. The van der Waals surface area contributed by atoms with Crippen molar-refractivity contribution >= 4 is 0 Å². The van der Waals surface area contributed by atoms with Gasteiger partial charge in [-0.1, -0.05) is 68.4 Å². The van der Waals surface area contributed by atoms with E-state index in [0.29, 0.717) is 12.6 Å². The molecule has 3 rings (SSSR count). The van der Waals surface area contributed by atoms with Crippen LogP contribution >= 0.6 is 0 Å². The lowest BCUT2D eigenvalue weighted by atomic mass is 9.85. The minimum absolute atomic E-state index is 0.181. The quantitative estimate of drug-likeness (QED) is 0.897. The molecule has 2 heteroatoms. The second-order valence-electron chi connectivity index (χ2n) is 6.63. The van der Waals surface area contributed by atoms with Crippen molar-refractivity contribution < 1.29 is 5.11 Å². The van der Waals surface area contributed by atoms with E-state index in [-0.39, 0.29) is 5.41 Å². The molecule has 0 spiro atoms. The van der Waals surface area contributed by atoms with Gasteiger partial charge in [-0.2, -0.15) is 0 Å². The van der Waals surface area contributed by atoms with Crippen LogP contribution in [0.1, 0.15) is 42.7 Å². The highest BCUT2D eigenvalue weighted by atomic mass is 16.3. The first-order valence-electron chi connectivity index (χ1n) is 7.62. The molecule has 2 unspecified atom stereocenters. The minimum Gasteiger partial charge on any atom is -0.387 e. The van der Waals surface area contributed by atoms with E-state index in [1.807, 2.05) is 30.3 Å². The van der Waals surface area contributed by atoms with Gasteiger partial charge in [0.2, 0.25) is 0 Å². The third kappa shape index (κ3) is 2.87. The summed E-state index contributed by atoms with van der Waals surface area (Å²) in [6.45, 7) is 5.16. The molecule has 2 N–H and O–H groups in total. The molecule has 21 heavy (non-hydrogen) atoms. The van der Waals surface area contributed by atoms with Crippen LogP contribution in [0.5, 0.6) is 0 Å². The van der Waals surface area contributed by atoms with Crippen LogP contribution in [0, 0.1) is 5.41 Å². The molecule has 0 heterocycles. The summed E-state index contributed by atoms with van der Waals surface area (Å²) in [7, 11) is 0. The monoisotopic (exact) mass is 281 g/mol. The highest BCUT2D eigenvalue weighted by molar-refractivity contribution is 5.37. The van der Waals surface area contributed by atoms with Crippen molar-refractivity contribution in [1.29, 1.82) is 0 Å². The fourth-order valence-electron chi connectivity index (χ4n) is 3.40. The highest BCUT2D eigenvalue weighted by Gasteiger charge is 2.38. The molecule has 2 aromatic rings. The minimum atomic E-state index is -0.463. The Bertz CT molecular complexity index is 606. The topological polar surface area (TPSA) is 32.3 Å². The van der Waals surface area contributed by atoms with Gasteiger partial charge in [0, 0.05) is 12.6 Å². The second-order valence-corrected chi connectivity index (χ2v) is 6.63. The fourth-order valence-corrected chi connectivity index (χ4v) is 3.40. The number of aliphatic hydroxyl groups is 1. The first kappa shape index (κ1) is 14.3. The van der Waals surface area contributed by atoms with Crippen LogP contribution in [0.4, 0.5) is 0 Å². The zero-order valence-corrected chi connectivity index (χ0v) is 12.7. The van der Waals surface area contributed by atoms with E-state index in [1.165, 1.54) is 11.1 Å². The number of nitrogens with one attached hydrogen (secondary N) is 1. The summed E-state index contributed by atoms with van der Waals surface area (Å²) in [4.78, 5) is 0. The van der Waals surface area contributed by atoms with Gasteiger partial charge in [0.15, 0.2) is 0 Å². The Morgan fingerprint density at radius 1 is 1.10 bits per heavy atom. The maximum absolute atomic E-state index is 10.3. The van der Waals surface area contributed by atoms with Crippen molar-refractivity contribution in [3.05, 3.63) is 71.3 Å². The molecule has 2 nitrogen and oxygen atoms in total. The molecule has 0 saturated heterocycles. The molecular weight excluding hydrogens is 258 g/mol. The van der Waals surface area contributed by atoms with E-state index in [0.717, 1.165) is 12.0 Å². The molecule has 1 aliphatic rings. The van der Waals surface area contributed by atoms with Gasteiger partial charge in [-0.15, -0.1) is 0 Å². The molecule has 1 aliphatic carbocycles. The van der Waals surface area contributed by atoms with Crippen LogP contribution in [-0.4, -0.2) is 11.7 Å². The lowest BCUT2D eigenvalue weighted by Gasteiger charge is -2.29. The van der Waals surface area contributed by atoms with Crippen molar-refractivity contribution in [2.75, 3.05) is 6.54 Å². The third-order valence-electron chi connectivity index (χ3n) is 4.49. The summed E-state index contributed by atoms with van der Waals surface area (Å²) in [6.07, 6.45) is 0.622. The van der Waals surface area contributed by atoms with Crippen LogP contribution < -0.4 is 5.32 Å². The van der Waals surface area contributed by atoms with Crippen LogP contribution in [-0.2, 0) is 6.42 Å². The molecule has 0 radical (unpaired) electrons. The van der Waals surface area contributed by atoms with Gasteiger partial charge >= 0.3 is 0 Å². The van der Waals surface area contributed by atoms with Crippen molar-refractivity contribution in [3.8, 4) is 0 Å². The third-order valence-corrected chi connectivity index (χ3v) is 4.49. The van der Waals surface area contributed by atoms with E-state index < -0.39 is 6.10 Å². The molecule has 0 fully saturated rings. The lowest BCUT2D eigenvalue weighted by molar-refractivity contribution is 0.155. The Kier molecular flexibility index (Phi) is 3.83. The Morgan fingerprint density at radius 2 is 1.76 bits per heavy atom. The van der Waals surface area contributed by atoms with E-state index in [2.05, 4.69) is 43.4 Å². The van der Waals surface area contributed by atoms with Crippen molar-refractivity contribution in [2.24, 2.45) is 5.41 Å². The molecule has 2 atom stereocenters. The van der Waals surface area contributed by atoms with Crippen LogP contribution in [0.2, 0.25) is 0 Å². The highest BCUT2D eigenvalue weighted by Crippen LogP contribution is 2.45. The fraction of sp³-hybridized carbons (Fsp3) is 0.368. The number of aliphatic hydroxyl groups excluding tert-OH is 1. The van der Waals surface area contributed by atoms with Gasteiger partial charge < -0.3 is 10.4 Å². The average Bonchev–Trinajstić information content (AvgIpc) is 2.75. The van der Waals surface area contributed by atoms with E-state index >= 15 is 0 Å². The number of rotatable bonds is 4. The van der Waals surface area contributed by atoms with Gasteiger partial charge in [0.05, 0.1) is 6.10 Å². The zero-order chi connectivity index (χ0) is 14.9. The standard InChI is InChI=1S/C19H23NO/c1-19(2)12-15-10-6-7-11-16(15)18(19)20-13-17(21)14-8-4-3-5-9-14/h3-11,17-18,20-21H,12-13H2,1-2H3. The average molecular weight is 281 g/mol. The van der Waals surface area contributed by atoms with E-state index in [4.69, 9.17) is 0 Å². The van der Waals surface area contributed by atoms with Crippen molar-refractivity contribution in [3.63, 3.8) is 0 Å². The van der Waals surface area contributed by atoms with E-state index in [9.17, 15) is 5.11 Å². The number of benzene rings is 2. The Labute approximate surface area is 126 Å². The van der Waals surface area contributed by atoms with Crippen LogP contribution in [0.15, 0.2) is 54.6 Å². The number of fused-ring (bicyclic) bond motifs is 1. The summed E-state index contributed by atoms with van der Waals surface area (Å²) in [5, 5.41) is 13.9. The molecule has 2 aromatic carbocycles. The lowest BCUT2D eigenvalue weighted by Crippen LogP contribution is -2.33. The largest absolute Gasteiger partial charge is 0.387 e. The van der Waals surface area contributed by atoms with Gasteiger partial charge in [-0.3, -0.25) is 0 Å². The summed E-state index contributed by atoms with van der Waals surface area (Å²) >= 11 is 0. The Morgan fingerprint density at radius 3 is 2.52 bits per heavy atom. The van der Waals surface area contributed by atoms with Crippen LogP contribution in [0.25, 0.3) is 0 Å². The summed E-state index contributed by atoms with van der Waals surface area (Å²) in [6, 6.07) is 18.8. The first-order chi connectivity index (χ1) is 10.1. The Balaban J connectivity index is 1.73. The number of hydrogen-bond acceptors (Lipinski definition) is 2. The molecule has 0 aromatic heterocycles. The van der Waals surface area contributed by atoms with Gasteiger partial charge in [0.25, 0.3) is 0 Å². The zero-order valence-electron chi connectivity index (χ0n) is 12.7. The molecule has 110 valence electrons. The molecule has 0 saturated carbocycles. The maximum Gasteiger partial charge on any atom is 0.0914 e. The second kappa shape index (κ2) is 5.63. The predicted molar refractivity (Wildman–Crippen MR) is 86.1 cm³/mol. The summed E-state index contributed by atoms with van der Waals surface area (Å²) in [5.74, 6) is 0.